The highest BCUT2D eigenvalue weighted by molar-refractivity contribution is 6.04. The number of fused-ring (bicyclic) bond motifs is 8. The second kappa shape index (κ2) is 24.1. The van der Waals surface area contributed by atoms with E-state index in [1.54, 1.807) is 0 Å². The number of hydrogen-bond acceptors (Lipinski definition) is 10. The summed E-state index contributed by atoms with van der Waals surface area (Å²) in [5, 5.41) is 0. The SMILES string of the molecule is CC(C)Oc1cccc(OC(C)C)c1-c1c2nc(c(-c3c(OC(C)C)cccc3OC(C)C)c3ccc([nH]3)c(-c3c(OC(C)C)cccc3OC(C)C)c3nc(c(-c4c(OC(C)C)cccc4OC(C)C)c4ccc1[nH]4)C=C3)C=C2. The van der Waals surface area contributed by atoms with E-state index < -0.39 is 0 Å². The summed E-state index contributed by atoms with van der Waals surface area (Å²) >= 11 is 0. The Morgan fingerprint density at radius 2 is 0.400 bits per heavy atom. The molecule has 12 nitrogen and oxygen atoms in total. The quantitative estimate of drug-likeness (QED) is 0.0760. The largest absolute Gasteiger partial charge is 0.490 e. The van der Waals surface area contributed by atoms with Gasteiger partial charge in [0, 0.05) is 44.3 Å². The lowest BCUT2D eigenvalue weighted by atomic mass is 10.0. The maximum Gasteiger partial charge on any atom is 0.131 e. The van der Waals surface area contributed by atoms with Crippen molar-refractivity contribution in [2.24, 2.45) is 0 Å². The Hall–Kier alpha value is -8.12. The van der Waals surface area contributed by atoms with Gasteiger partial charge in [-0.05, 0) is 208 Å². The molecule has 2 N–H and O–H groups in total. The van der Waals surface area contributed by atoms with Gasteiger partial charge in [-0.25, -0.2) is 9.97 Å². The number of H-pyrrole nitrogens is 2. The maximum absolute atomic E-state index is 6.74. The van der Waals surface area contributed by atoms with Gasteiger partial charge < -0.3 is 47.9 Å². The van der Waals surface area contributed by atoms with E-state index in [2.05, 4.69) is 58.5 Å². The molecule has 3 aromatic heterocycles. The Balaban J connectivity index is 1.58. The molecule has 12 heteroatoms. The highest BCUT2D eigenvalue weighted by atomic mass is 16.5. The normalized spacial score (nSPS) is 12.3. The van der Waals surface area contributed by atoms with Crippen molar-refractivity contribution in [3.8, 4) is 90.5 Å². The molecule has 0 unspecified atom stereocenters. The Morgan fingerprint density at radius 1 is 0.237 bits per heavy atom. The molecule has 0 radical (unpaired) electrons. The molecule has 0 amide bonds. The smallest absolute Gasteiger partial charge is 0.131 e. The summed E-state index contributed by atoms with van der Waals surface area (Å²) in [5.74, 6) is 5.15. The molecule has 0 saturated carbocycles. The first kappa shape index (κ1) is 56.6. The first-order valence-electron chi connectivity index (χ1n) is 28.3. The lowest BCUT2D eigenvalue weighted by Gasteiger charge is -2.21. The van der Waals surface area contributed by atoms with Crippen LogP contribution in [0.2, 0.25) is 0 Å². The van der Waals surface area contributed by atoms with E-state index in [9.17, 15) is 0 Å². The van der Waals surface area contributed by atoms with Gasteiger partial charge in [0.15, 0.2) is 0 Å². The summed E-state index contributed by atoms with van der Waals surface area (Å²) in [5.41, 5.74) is 11.7. The lowest BCUT2D eigenvalue weighted by Crippen LogP contribution is -2.10. The van der Waals surface area contributed by atoms with Crippen LogP contribution in [-0.4, -0.2) is 68.8 Å². The van der Waals surface area contributed by atoms with Crippen LogP contribution in [0.1, 0.15) is 134 Å². The van der Waals surface area contributed by atoms with E-state index in [0.29, 0.717) is 68.8 Å². The topological polar surface area (TPSA) is 131 Å². The monoisotopic (exact) mass is 1080 g/mol. The second-order valence-electron chi connectivity index (χ2n) is 22.4. The average molecular weight is 1080 g/mol. The molecule has 0 spiro atoms. The third-order valence-corrected chi connectivity index (χ3v) is 12.6. The summed E-state index contributed by atoms with van der Waals surface area (Å²) < 4.78 is 53.9. The van der Waals surface area contributed by atoms with Crippen molar-refractivity contribution in [1.82, 2.24) is 19.9 Å². The molecule has 0 saturated heterocycles. The minimum Gasteiger partial charge on any atom is -0.490 e. The van der Waals surface area contributed by atoms with E-state index in [1.807, 2.05) is 184 Å². The zero-order valence-electron chi connectivity index (χ0n) is 49.3. The lowest BCUT2D eigenvalue weighted by molar-refractivity contribution is 0.230. The van der Waals surface area contributed by atoms with Crippen LogP contribution in [0.25, 0.3) is 90.9 Å². The molecule has 0 atom stereocenters. The number of rotatable bonds is 20. The molecule has 0 aliphatic carbocycles. The first-order chi connectivity index (χ1) is 38.2. The fourth-order valence-corrected chi connectivity index (χ4v) is 10.1. The molecule has 80 heavy (non-hydrogen) atoms. The van der Waals surface area contributed by atoms with E-state index in [0.717, 1.165) is 66.6 Å². The van der Waals surface area contributed by atoms with Gasteiger partial charge in [-0.2, -0.15) is 0 Å². The zero-order chi connectivity index (χ0) is 57.1. The summed E-state index contributed by atoms with van der Waals surface area (Å²) in [6.07, 6.45) is 6.96. The Labute approximate surface area is 472 Å². The number of aromatic nitrogens is 4. The number of ether oxygens (including phenoxy) is 8. The molecule has 0 fully saturated rings. The highest BCUT2D eigenvalue weighted by Crippen LogP contribution is 2.50. The first-order valence-corrected chi connectivity index (χ1v) is 28.3. The summed E-state index contributed by atoms with van der Waals surface area (Å²) in [4.78, 5) is 19.3. The average Bonchev–Trinajstić information content (AvgIpc) is 4.31. The predicted molar refractivity (Wildman–Crippen MR) is 327 cm³/mol. The fourth-order valence-electron chi connectivity index (χ4n) is 10.1. The predicted octanol–water partition coefficient (Wildman–Crippen LogP) is 17.6. The van der Waals surface area contributed by atoms with Crippen LogP contribution in [-0.2, 0) is 0 Å². The van der Waals surface area contributed by atoms with Gasteiger partial charge in [0.1, 0.15) is 46.0 Å². The van der Waals surface area contributed by atoms with Gasteiger partial charge in [-0.3, -0.25) is 0 Å². The van der Waals surface area contributed by atoms with Crippen molar-refractivity contribution in [1.29, 1.82) is 0 Å². The number of nitrogens with zero attached hydrogens (tertiary/aromatic N) is 2. The zero-order valence-corrected chi connectivity index (χ0v) is 49.3. The molecule has 5 heterocycles. The van der Waals surface area contributed by atoms with E-state index in [1.165, 1.54) is 0 Å². The van der Waals surface area contributed by atoms with Crippen LogP contribution in [0.15, 0.2) is 97.1 Å². The maximum atomic E-state index is 6.74. The standard InChI is InChI=1S/C68H78N4O8/c1-37(2)73-53-21-17-22-54(74-38(3)4)65(53)61-45-29-31-47(69-45)62(66-55(75-39(5)6)23-18-24-56(66)76-40(7)8)49-33-35-51(71-49)64(68-59(79-43(13)14)27-20-28-60(68)80-44(15)16)52-36-34-50(72-52)63(48-32-30-46(61)70-48)67-57(77-41(9)10)25-19-26-58(67)78-42(11)12/h17-44,69,72H,1-16H3. The Morgan fingerprint density at radius 3 is 0.550 bits per heavy atom. The van der Waals surface area contributed by atoms with E-state index in [-0.39, 0.29) is 48.8 Å². The van der Waals surface area contributed by atoms with Crippen molar-refractivity contribution in [2.45, 2.75) is 160 Å². The van der Waals surface area contributed by atoms with Crippen molar-refractivity contribution >= 4 is 46.4 Å². The minimum atomic E-state index is -0.163. The number of hydrogen-bond donors (Lipinski definition) is 2. The molecule has 418 valence electrons. The molecule has 4 aromatic carbocycles. The van der Waals surface area contributed by atoms with Gasteiger partial charge in [0.2, 0.25) is 0 Å². The Kier molecular flexibility index (Phi) is 17.0. The second-order valence-corrected chi connectivity index (χ2v) is 22.4. The van der Waals surface area contributed by atoms with E-state index in [4.69, 9.17) is 47.9 Å². The molecule has 2 aliphatic heterocycles. The van der Waals surface area contributed by atoms with Crippen LogP contribution >= 0.6 is 0 Å². The molecule has 2 aliphatic rings. The summed E-state index contributed by atoms with van der Waals surface area (Å²) in [6.45, 7) is 32.5. The molecule has 7 aromatic rings. The number of aromatic amines is 2. The van der Waals surface area contributed by atoms with Gasteiger partial charge >= 0.3 is 0 Å². The van der Waals surface area contributed by atoms with Crippen molar-refractivity contribution in [3.63, 3.8) is 0 Å². The van der Waals surface area contributed by atoms with Gasteiger partial charge in [-0.1, -0.05) is 24.3 Å². The highest BCUT2D eigenvalue weighted by Gasteiger charge is 2.29. The van der Waals surface area contributed by atoms with Crippen LogP contribution < -0.4 is 37.9 Å². The summed E-state index contributed by atoms with van der Waals surface area (Å²) in [6, 6.07) is 32.2. The third-order valence-electron chi connectivity index (χ3n) is 12.6. The van der Waals surface area contributed by atoms with E-state index >= 15 is 0 Å². The Bertz CT molecular complexity index is 3040. The fraction of sp³-hybridized carbons (Fsp3) is 0.353. The van der Waals surface area contributed by atoms with Gasteiger partial charge in [-0.15, -0.1) is 0 Å². The summed E-state index contributed by atoms with van der Waals surface area (Å²) in [7, 11) is 0. The van der Waals surface area contributed by atoms with Crippen LogP contribution in [0, 0.1) is 0 Å². The molecule has 9 rings (SSSR count). The van der Waals surface area contributed by atoms with Crippen LogP contribution in [0.3, 0.4) is 0 Å². The van der Waals surface area contributed by atoms with Gasteiger partial charge in [0.05, 0.1) is 93.9 Å². The van der Waals surface area contributed by atoms with Crippen LogP contribution in [0.4, 0.5) is 0 Å². The van der Waals surface area contributed by atoms with Crippen molar-refractivity contribution in [3.05, 3.63) is 120 Å². The number of nitrogens with one attached hydrogen (secondary N) is 2. The van der Waals surface area contributed by atoms with Crippen molar-refractivity contribution in [2.75, 3.05) is 0 Å². The van der Waals surface area contributed by atoms with Gasteiger partial charge in [0.25, 0.3) is 0 Å². The molecule has 8 bridgehead atoms. The molecular formula is C68H78N4O8. The third kappa shape index (κ3) is 12.3. The molecular weight excluding hydrogens is 1000 g/mol. The van der Waals surface area contributed by atoms with Crippen molar-refractivity contribution < 1.29 is 37.9 Å². The number of benzene rings is 4. The van der Waals surface area contributed by atoms with Crippen LogP contribution in [0.5, 0.6) is 46.0 Å². The minimum absolute atomic E-state index is 0.163.